The molecule has 0 unspecified atom stereocenters. The smallest absolute Gasteiger partial charge is 0.353 e. The number of anilines is 1. The minimum absolute atomic E-state index is 0.152. The zero-order valence-corrected chi connectivity index (χ0v) is 14.6. The average Bonchev–Trinajstić information content (AvgIpc) is 3.28. The third-order valence-electron chi connectivity index (χ3n) is 3.38. The van der Waals surface area contributed by atoms with Crippen molar-refractivity contribution in [3.05, 3.63) is 68.5 Å². The molecule has 0 fully saturated rings. The Hall–Kier alpha value is -2.44. The number of nitrogens with one attached hydrogen (secondary N) is 1. The van der Waals surface area contributed by atoms with Gasteiger partial charge in [-0.15, -0.1) is 22.7 Å². The molecule has 122 valence electrons. The molecule has 0 aliphatic rings. The van der Waals surface area contributed by atoms with Crippen molar-refractivity contribution in [1.82, 2.24) is 0 Å². The van der Waals surface area contributed by atoms with Crippen LogP contribution in [-0.4, -0.2) is 11.9 Å². The van der Waals surface area contributed by atoms with Crippen LogP contribution in [0.4, 0.5) is 5.69 Å². The van der Waals surface area contributed by atoms with Crippen LogP contribution in [0.2, 0.25) is 0 Å². The third-order valence-corrected chi connectivity index (χ3v) is 5.19. The van der Waals surface area contributed by atoms with Gasteiger partial charge in [-0.2, -0.15) is 0 Å². The lowest BCUT2D eigenvalue weighted by molar-refractivity contribution is 0.0738. The maximum Gasteiger partial charge on any atom is 0.353 e. The molecule has 4 nitrogen and oxygen atoms in total. The number of amides is 1. The van der Waals surface area contributed by atoms with Crippen LogP contribution in [0.15, 0.2) is 53.2 Å². The maximum absolute atomic E-state index is 12.2. The Morgan fingerprint density at radius 3 is 2.50 bits per heavy atom. The number of hydrogen-bond acceptors (Lipinski definition) is 5. The van der Waals surface area contributed by atoms with Crippen LogP contribution >= 0.6 is 22.7 Å². The summed E-state index contributed by atoms with van der Waals surface area (Å²) in [5.74, 6) is -0.0530. The van der Waals surface area contributed by atoms with Crippen LogP contribution in [-0.2, 0) is 6.42 Å². The van der Waals surface area contributed by atoms with Gasteiger partial charge in [0.25, 0.3) is 5.91 Å². The van der Waals surface area contributed by atoms with Crippen molar-refractivity contribution in [2.24, 2.45) is 0 Å². The van der Waals surface area contributed by atoms with Gasteiger partial charge >= 0.3 is 5.97 Å². The molecule has 1 aromatic carbocycles. The average molecular weight is 357 g/mol. The molecule has 3 aromatic rings. The van der Waals surface area contributed by atoms with Gasteiger partial charge in [-0.05, 0) is 59.1 Å². The minimum atomic E-state index is -0.350. The van der Waals surface area contributed by atoms with E-state index in [0.29, 0.717) is 21.2 Å². The Balaban J connectivity index is 1.64. The Kier molecular flexibility index (Phi) is 5.08. The van der Waals surface area contributed by atoms with E-state index in [4.69, 9.17) is 4.74 Å². The van der Waals surface area contributed by atoms with E-state index in [-0.39, 0.29) is 11.9 Å². The topological polar surface area (TPSA) is 55.4 Å². The van der Waals surface area contributed by atoms with Gasteiger partial charge < -0.3 is 10.1 Å². The molecule has 0 bridgehead atoms. The maximum atomic E-state index is 12.2. The van der Waals surface area contributed by atoms with E-state index in [0.717, 1.165) is 12.0 Å². The number of aryl methyl sites for hydroxylation is 1. The summed E-state index contributed by atoms with van der Waals surface area (Å²) in [5.41, 5.74) is 1.64. The van der Waals surface area contributed by atoms with E-state index < -0.39 is 0 Å². The second kappa shape index (κ2) is 7.42. The van der Waals surface area contributed by atoms with Crippen molar-refractivity contribution in [3.63, 3.8) is 0 Å². The fourth-order valence-electron chi connectivity index (χ4n) is 2.15. The van der Waals surface area contributed by atoms with E-state index in [2.05, 4.69) is 5.32 Å². The first kappa shape index (κ1) is 16.4. The predicted molar refractivity (Wildman–Crippen MR) is 97.4 cm³/mol. The highest BCUT2D eigenvalue weighted by atomic mass is 32.1. The first-order chi connectivity index (χ1) is 11.7. The molecule has 2 heterocycles. The standard InChI is InChI=1S/C18H15NO3S2/c1-2-12-9-11-24-16(12)18(21)22-14-7-5-13(6-8-14)19-17(20)15-4-3-10-23-15/h3-11H,2H2,1H3,(H,19,20). The van der Waals surface area contributed by atoms with Crippen LogP contribution < -0.4 is 10.1 Å². The van der Waals surface area contributed by atoms with E-state index in [1.165, 1.54) is 22.7 Å². The molecule has 0 saturated heterocycles. The molecule has 1 N–H and O–H groups in total. The van der Waals surface area contributed by atoms with E-state index in [1.807, 2.05) is 29.8 Å². The number of rotatable bonds is 5. The SMILES string of the molecule is CCc1ccsc1C(=O)Oc1ccc(NC(=O)c2cccs2)cc1. The fraction of sp³-hybridized carbons (Fsp3) is 0.111. The van der Waals surface area contributed by atoms with Crippen molar-refractivity contribution in [3.8, 4) is 5.75 Å². The molecular weight excluding hydrogens is 342 g/mol. The number of thiophene rings is 2. The van der Waals surface area contributed by atoms with Crippen LogP contribution in [0.25, 0.3) is 0 Å². The number of carbonyl (C=O) groups is 2. The number of ether oxygens (including phenoxy) is 1. The lowest BCUT2D eigenvalue weighted by atomic mass is 10.2. The largest absolute Gasteiger partial charge is 0.422 e. The summed E-state index contributed by atoms with van der Waals surface area (Å²) in [5, 5.41) is 6.55. The summed E-state index contributed by atoms with van der Waals surface area (Å²) >= 11 is 2.76. The van der Waals surface area contributed by atoms with E-state index in [9.17, 15) is 9.59 Å². The molecule has 0 spiro atoms. The quantitative estimate of drug-likeness (QED) is 0.525. The van der Waals surface area contributed by atoms with Gasteiger partial charge in [-0.1, -0.05) is 13.0 Å². The van der Waals surface area contributed by atoms with Crippen molar-refractivity contribution in [1.29, 1.82) is 0 Å². The first-order valence-electron chi connectivity index (χ1n) is 7.41. The predicted octanol–water partition coefficient (Wildman–Crippen LogP) is 4.84. The zero-order valence-electron chi connectivity index (χ0n) is 12.9. The van der Waals surface area contributed by atoms with Gasteiger partial charge in [0.2, 0.25) is 0 Å². The van der Waals surface area contributed by atoms with Gasteiger partial charge in [0.05, 0.1) is 4.88 Å². The molecule has 2 aromatic heterocycles. The Morgan fingerprint density at radius 1 is 1.04 bits per heavy atom. The Bertz CT molecular complexity index is 836. The molecule has 0 radical (unpaired) electrons. The molecule has 0 saturated carbocycles. The van der Waals surface area contributed by atoms with Gasteiger partial charge in [-0.25, -0.2) is 4.79 Å². The first-order valence-corrected chi connectivity index (χ1v) is 9.16. The molecule has 0 aliphatic heterocycles. The number of hydrogen-bond donors (Lipinski definition) is 1. The summed E-state index contributed by atoms with van der Waals surface area (Å²) in [7, 11) is 0. The number of esters is 1. The van der Waals surface area contributed by atoms with Gasteiger partial charge in [0.1, 0.15) is 10.6 Å². The van der Waals surface area contributed by atoms with Crippen LogP contribution in [0.1, 0.15) is 31.8 Å². The summed E-state index contributed by atoms with van der Waals surface area (Å²) in [4.78, 5) is 25.5. The lowest BCUT2D eigenvalue weighted by Gasteiger charge is -2.07. The van der Waals surface area contributed by atoms with Gasteiger partial charge in [0, 0.05) is 5.69 Å². The van der Waals surface area contributed by atoms with Gasteiger partial charge in [0.15, 0.2) is 0 Å². The summed E-state index contributed by atoms with van der Waals surface area (Å²) in [6.45, 7) is 2.00. The Labute approximate surface area is 147 Å². The highest BCUT2D eigenvalue weighted by molar-refractivity contribution is 7.12. The Morgan fingerprint density at radius 2 is 1.83 bits per heavy atom. The van der Waals surface area contributed by atoms with E-state index in [1.54, 1.807) is 30.3 Å². The molecule has 6 heteroatoms. The van der Waals surface area contributed by atoms with Crippen molar-refractivity contribution in [2.45, 2.75) is 13.3 Å². The molecule has 0 atom stereocenters. The molecule has 24 heavy (non-hydrogen) atoms. The lowest BCUT2D eigenvalue weighted by Crippen LogP contribution is -2.10. The van der Waals surface area contributed by atoms with Crippen LogP contribution in [0, 0.1) is 0 Å². The number of benzene rings is 1. The molecular formula is C18H15NO3S2. The normalized spacial score (nSPS) is 10.4. The molecule has 0 aliphatic carbocycles. The number of carbonyl (C=O) groups excluding carboxylic acids is 2. The summed E-state index contributed by atoms with van der Waals surface area (Å²) in [6.07, 6.45) is 0.793. The van der Waals surface area contributed by atoms with Crippen molar-refractivity contribution >= 4 is 40.2 Å². The zero-order chi connectivity index (χ0) is 16.9. The highest BCUT2D eigenvalue weighted by Crippen LogP contribution is 2.22. The van der Waals surface area contributed by atoms with Crippen LogP contribution in [0.5, 0.6) is 5.75 Å². The monoisotopic (exact) mass is 357 g/mol. The fourth-order valence-corrected chi connectivity index (χ4v) is 3.64. The highest BCUT2D eigenvalue weighted by Gasteiger charge is 2.14. The molecule has 1 amide bonds. The van der Waals surface area contributed by atoms with Crippen molar-refractivity contribution in [2.75, 3.05) is 5.32 Å². The summed E-state index contributed by atoms with van der Waals surface area (Å²) < 4.78 is 5.39. The molecule has 3 rings (SSSR count). The van der Waals surface area contributed by atoms with Gasteiger partial charge in [-0.3, -0.25) is 4.79 Å². The summed E-state index contributed by atoms with van der Waals surface area (Å²) in [6, 6.07) is 12.3. The minimum Gasteiger partial charge on any atom is -0.422 e. The second-order valence-electron chi connectivity index (χ2n) is 4.97. The van der Waals surface area contributed by atoms with Crippen LogP contribution in [0.3, 0.4) is 0 Å². The van der Waals surface area contributed by atoms with E-state index >= 15 is 0 Å². The third kappa shape index (κ3) is 3.72. The van der Waals surface area contributed by atoms with Crippen molar-refractivity contribution < 1.29 is 14.3 Å². The second-order valence-corrected chi connectivity index (χ2v) is 6.84.